The molecule has 2 unspecified atom stereocenters. The number of ether oxygens (including phenoxy) is 1. The summed E-state index contributed by atoms with van der Waals surface area (Å²) in [6.45, 7) is 3.77. The molecule has 1 aromatic heterocycles. The Bertz CT molecular complexity index is 402. The van der Waals surface area contributed by atoms with Gasteiger partial charge in [0.2, 0.25) is 11.2 Å². The summed E-state index contributed by atoms with van der Waals surface area (Å²) < 4.78 is 4.98. The van der Waals surface area contributed by atoms with Crippen molar-refractivity contribution >= 4 is 17.5 Å². The lowest BCUT2D eigenvalue weighted by molar-refractivity contribution is 0.366. The molecule has 2 heterocycles. The van der Waals surface area contributed by atoms with E-state index < -0.39 is 0 Å². The van der Waals surface area contributed by atoms with E-state index in [4.69, 9.17) is 22.1 Å². The van der Waals surface area contributed by atoms with Gasteiger partial charge in [-0.2, -0.15) is 15.0 Å². The molecule has 0 saturated carbocycles. The fourth-order valence-corrected chi connectivity index (χ4v) is 2.05. The minimum absolute atomic E-state index is 0.148. The second kappa shape index (κ2) is 5.01. The summed E-state index contributed by atoms with van der Waals surface area (Å²) in [4.78, 5) is 14.2. The molecule has 1 aliphatic heterocycles. The summed E-state index contributed by atoms with van der Waals surface area (Å²) in [6, 6.07) is 0.480. The number of methoxy groups -OCH3 is 1. The molecular weight excluding hydrogens is 242 g/mol. The third-order valence-corrected chi connectivity index (χ3v) is 3.18. The average Bonchev–Trinajstić information content (AvgIpc) is 2.32. The molecule has 1 aromatic rings. The molecule has 94 valence electrons. The van der Waals surface area contributed by atoms with Crippen LogP contribution in [0.3, 0.4) is 0 Å². The molecule has 17 heavy (non-hydrogen) atoms. The molecule has 0 spiro atoms. The summed E-state index contributed by atoms with van der Waals surface area (Å²) in [5, 5.41) is 0.148. The maximum Gasteiger partial charge on any atom is 0.322 e. The van der Waals surface area contributed by atoms with E-state index in [9.17, 15) is 0 Å². The highest BCUT2D eigenvalue weighted by molar-refractivity contribution is 6.28. The maximum absolute atomic E-state index is 5.97. The van der Waals surface area contributed by atoms with E-state index in [1.165, 1.54) is 7.11 Å². The van der Waals surface area contributed by atoms with Crippen molar-refractivity contribution in [1.29, 1.82) is 0 Å². The number of piperidine rings is 1. The molecule has 7 heteroatoms. The molecule has 0 bridgehead atoms. The topological polar surface area (TPSA) is 77.2 Å². The zero-order chi connectivity index (χ0) is 12.4. The van der Waals surface area contributed by atoms with Gasteiger partial charge < -0.3 is 15.4 Å². The molecule has 0 amide bonds. The van der Waals surface area contributed by atoms with E-state index in [0.717, 1.165) is 19.5 Å². The Labute approximate surface area is 105 Å². The number of hydrogen-bond donors (Lipinski definition) is 1. The van der Waals surface area contributed by atoms with Gasteiger partial charge in [-0.05, 0) is 23.9 Å². The van der Waals surface area contributed by atoms with E-state index in [0.29, 0.717) is 11.9 Å². The lowest BCUT2D eigenvalue weighted by Crippen LogP contribution is -2.46. The molecule has 0 aromatic carbocycles. The van der Waals surface area contributed by atoms with Crippen LogP contribution >= 0.6 is 11.6 Å². The SMILES string of the molecule is COc1nc(Cl)nc(N2CCC(N)C(C)C2)n1. The molecule has 2 rings (SSSR count). The Morgan fingerprint density at radius 3 is 2.82 bits per heavy atom. The Balaban J connectivity index is 2.19. The molecule has 1 aliphatic rings. The molecule has 2 atom stereocenters. The Morgan fingerprint density at radius 2 is 2.18 bits per heavy atom. The lowest BCUT2D eigenvalue weighted by Gasteiger charge is -2.34. The molecule has 1 saturated heterocycles. The summed E-state index contributed by atoms with van der Waals surface area (Å²) in [7, 11) is 1.50. The molecule has 6 nitrogen and oxygen atoms in total. The summed E-state index contributed by atoms with van der Waals surface area (Å²) in [5.74, 6) is 0.964. The quantitative estimate of drug-likeness (QED) is 0.841. The van der Waals surface area contributed by atoms with Crippen LogP contribution in [0, 0.1) is 5.92 Å². The van der Waals surface area contributed by atoms with Crippen LogP contribution in [0.2, 0.25) is 5.28 Å². The molecule has 0 radical (unpaired) electrons. The third kappa shape index (κ3) is 2.76. The van der Waals surface area contributed by atoms with Gasteiger partial charge >= 0.3 is 6.01 Å². The van der Waals surface area contributed by atoms with Crippen molar-refractivity contribution in [3.05, 3.63) is 5.28 Å². The number of hydrogen-bond acceptors (Lipinski definition) is 6. The monoisotopic (exact) mass is 257 g/mol. The predicted octanol–water partition coefficient (Wildman–Crippen LogP) is 0.707. The second-order valence-electron chi connectivity index (χ2n) is 4.27. The molecular formula is C10H16ClN5O. The van der Waals surface area contributed by atoms with E-state index in [2.05, 4.69) is 26.8 Å². The number of nitrogens with two attached hydrogens (primary N) is 1. The third-order valence-electron chi connectivity index (χ3n) is 3.01. The highest BCUT2D eigenvalue weighted by Gasteiger charge is 2.25. The van der Waals surface area contributed by atoms with Gasteiger partial charge in [-0.3, -0.25) is 0 Å². The van der Waals surface area contributed by atoms with Crippen molar-refractivity contribution in [1.82, 2.24) is 15.0 Å². The second-order valence-corrected chi connectivity index (χ2v) is 4.61. The number of halogens is 1. The fraction of sp³-hybridized carbons (Fsp3) is 0.700. The minimum Gasteiger partial charge on any atom is -0.467 e. The van der Waals surface area contributed by atoms with Gasteiger partial charge in [0.1, 0.15) is 0 Å². The summed E-state index contributed by atoms with van der Waals surface area (Å²) >= 11 is 5.82. The maximum atomic E-state index is 5.97. The first-order chi connectivity index (χ1) is 8.10. The van der Waals surface area contributed by atoms with Crippen LogP contribution < -0.4 is 15.4 Å². The number of rotatable bonds is 2. The van der Waals surface area contributed by atoms with Gasteiger partial charge in [-0.15, -0.1) is 0 Å². The largest absolute Gasteiger partial charge is 0.467 e. The van der Waals surface area contributed by atoms with Gasteiger partial charge in [-0.1, -0.05) is 6.92 Å². The van der Waals surface area contributed by atoms with E-state index in [1.54, 1.807) is 0 Å². The average molecular weight is 258 g/mol. The van der Waals surface area contributed by atoms with Crippen LogP contribution in [0.15, 0.2) is 0 Å². The summed E-state index contributed by atoms with van der Waals surface area (Å²) in [6.07, 6.45) is 0.923. The van der Waals surface area contributed by atoms with Crippen molar-refractivity contribution in [2.45, 2.75) is 19.4 Å². The van der Waals surface area contributed by atoms with Crippen LogP contribution in [-0.2, 0) is 0 Å². The van der Waals surface area contributed by atoms with Gasteiger partial charge in [0.25, 0.3) is 0 Å². The first-order valence-electron chi connectivity index (χ1n) is 5.56. The van der Waals surface area contributed by atoms with Gasteiger partial charge in [0.05, 0.1) is 7.11 Å². The van der Waals surface area contributed by atoms with E-state index in [-0.39, 0.29) is 17.3 Å². The molecule has 1 fully saturated rings. The van der Waals surface area contributed by atoms with Gasteiger partial charge in [0, 0.05) is 19.1 Å². The fourth-order valence-electron chi connectivity index (χ4n) is 1.90. The van der Waals surface area contributed by atoms with Crippen molar-refractivity contribution in [2.75, 3.05) is 25.1 Å². The minimum atomic E-state index is 0.148. The predicted molar refractivity (Wildman–Crippen MR) is 65.4 cm³/mol. The van der Waals surface area contributed by atoms with Crippen LogP contribution in [0.5, 0.6) is 6.01 Å². The lowest BCUT2D eigenvalue weighted by atomic mass is 9.95. The number of anilines is 1. The highest BCUT2D eigenvalue weighted by atomic mass is 35.5. The standard InChI is InChI=1S/C10H16ClN5O/c1-6-5-16(4-3-7(6)12)9-13-8(11)14-10(15-9)17-2/h6-7H,3-5,12H2,1-2H3. The normalized spacial score (nSPS) is 24.8. The van der Waals surface area contributed by atoms with Crippen molar-refractivity contribution in [3.8, 4) is 6.01 Å². The number of nitrogens with zero attached hydrogens (tertiary/aromatic N) is 4. The van der Waals surface area contributed by atoms with Gasteiger partial charge in [0.15, 0.2) is 0 Å². The van der Waals surface area contributed by atoms with Crippen LogP contribution in [-0.4, -0.2) is 41.2 Å². The zero-order valence-corrected chi connectivity index (χ0v) is 10.7. The van der Waals surface area contributed by atoms with Crippen molar-refractivity contribution < 1.29 is 4.74 Å². The summed E-state index contributed by atoms with van der Waals surface area (Å²) in [5.41, 5.74) is 5.97. The Kier molecular flexibility index (Phi) is 3.63. The first kappa shape index (κ1) is 12.3. The Hall–Kier alpha value is -1.14. The number of aromatic nitrogens is 3. The smallest absolute Gasteiger partial charge is 0.322 e. The Morgan fingerprint density at radius 1 is 1.41 bits per heavy atom. The van der Waals surface area contributed by atoms with Crippen LogP contribution in [0.4, 0.5) is 5.95 Å². The van der Waals surface area contributed by atoms with Crippen molar-refractivity contribution in [3.63, 3.8) is 0 Å². The molecule has 2 N–H and O–H groups in total. The highest BCUT2D eigenvalue weighted by Crippen LogP contribution is 2.21. The zero-order valence-electron chi connectivity index (χ0n) is 9.93. The van der Waals surface area contributed by atoms with Crippen LogP contribution in [0.25, 0.3) is 0 Å². The van der Waals surface area contributed by atoms with Crippen molar-refractivity contribution in [2.24, 2.45) is 11.7 Å². The van der Waals surface area contributed by atoms with E-state index >= 15 is 0 Å². The van der Waals surface area contributed by atoms with Crippen LogP contribution in [0.1, 0.15) is 13.3 Å². The molecule has 0 aliphatic carbocycles. The first-order valence-corrected chi connectivity index (χ1v) is 5.94. The van der Waals surface area contributed by atoms with Gasteiger partial charge in [-0.25, -0.2) is 0 Å². The van der Waals surface area contributed by atoms with E-state index in [1.807, 2.05) is 0 Å².